The molecule has 25 heavy (non-hydrogen) atoms. The fraction of sp³-hybridized carbons (Fsp3) is 0.500. The number of anilines is 2. The molecule has 1 aromatic carbocycles. The van der Waals surface area contributed by atoms with E-state index in [2.05, 4.69) is 15.5 Å². The summed E-state index contributed by atoms with van der Waals surface area (Å²) in [6.45, 7) is 3.32. The largest absolute Gasteiger partial charge is 0.356 e. The summed E-state index contributed by atoms with van der Waals surface area (Å²) in [5.41, 5.74) is 1.33. The number of carbonyl (C=O) groups is 3. The highest BCUT2D eigenvalue weighted by molar-refractivity contribution is 6.01. The van der Waals surface area contributed by atoms with Crippen molar-refractivity contribution in [2.24, 2.45) is 5.92 Å². The fourth-order valence-electron chi connectivity index (χ4n) is 2.84. The van der Waals surface area contributed by atoms with Crippen molar-refractivity contribution in [2.45, 2.75) is 19.8 Å². The van der Waals surface area contributed by atoms with Gasteiger partial charge in [-0.2, -0.15) is 0 Å². The zero-order valence-electron chi connectivity index (χ0n) is 15.0. The first-order valence-corrected chi connectivity index (χ1v) is 8.47. The number of hydrogen-bond acceptors (Lipinski definition) is 4. The maximum Gasteiger partial charge on any atom is 0.227 e. The predicted molar refractivity (Wildman–Crippen MR) is 97.4 cm³/mol. The zero-order chi connectivity index (χ0) is 18.4. The lowest BCUT2D eigenvalue weighted by molar-refractivity contribution is -0.126. The van der Waals surface area contributed by atoms with Gasteiger partial charge in [-0.05, 0) is 45.3 Å². The number of benzene rings is 1. The molecule has 136 valence electrons. The number of hydrogen-bond donors (Lipinski definition) is 2. The molecule has 0 radical (unpaired) electrons. The van der Waals surface area contributed by atoms with Gasteiger partial charge in [0.2, 0.25) is 17.7 Å². The third-order valence-corrected chi connectivity index (χ3v) is 4.06. The first-order chi connectivity index (χ1) is 11.9. The van der Waals surface area contributed by atoms with Gasteiger partial charge in [0.05, 0.1) is 5.92 Å². The molecule has 1 aliphatic rings. The Morgan fingerprint density at radius 3 is 2.76 bits per heavy atom. The molecule has 0 bridgehead atoms. The Hall–Kier alpha value is -2.41. The van der Waals surface area contributed by atoms with Crippen molar-refractivity contribution in [3.05, 3.63) is 24.3 Å². The Labute approximate surface area is 148 Å². The first-order valence-electron chi connectivity index (χ1n) is 8.47. The monoisotopic (exact) mass is 346 g/mol. The molecule has 1 saturated heterocycles. The van der Waals surface area contributed by atoms with Crippen LogP contribution in [0.1, 0.15) is 19.8 Å². The van der Waals surface area contributed by atoms with Crippen molar-refractivity contribution in [2.75, 3.05) is 43.9 Å². The average molecular weight is 346 g/mol. The van der Waals surface area contributed by atoms with Crippen LogP contribution in [-0.2, 0) is 14.4 Å². The van der Waals surface area contributed by atoms with Crippen molar-refractivity contribution in [3.63, 3.8) is 0 Å². The molecule has 1 unspecified atom stereocenters. The quantitative estimate of drug-likeness (QED) is 0.724. The maximum atomic E-state index is 12.3. The normalized spacial score (nSPS) is 17.0. The number of nitrogens with one attached hydrogen (secondary N) is 2. The highest BCUT2D eigenvalue weighted by Crippen LogP contribution is 2.27. The van der Waals surface area contributed by atoms with E-state index in [-0.39, 0.29) is 30.1 Å². The zero-order valence-corrected chi connectivity index (χ0v) is 15.0. The van der Waals surface area contributed by atoms with E-state index in [1.165, 1.54) is 6.92 Å². The van der Waals surface area contributed by atoms with Crippen LogP contribution in [0.3, 0.4) is 0 Å². The van der Waals surface area contributed by atoms with E-state index in [4.69, 9.17) is 0 Å². The second-order valence-electron chi connectivity index (χ2n) is 6.58. The summed E-state index contributed by atoms with van der Waals surface area (Å²) in [6.07, 6.45) is 1.09. The highest BCUT2D eigenvalue weighted by atomic mass is 16.2. The van der Waals surface area contributed by atoms with Crippen molar-refractivity contribution in [1.82, 2.24) is 10.2 Å². The molecular weight excluding hydrogens is 320 g/mol. The number of rotatable bonds is 7. The van der Waals surface area contributed by atoms with Gasteiger partial charge in [-0.3, -0.25) is 14.4 Å². The number of amides is 3. The molecule has 2 rings (SSSR count). The predicted octanol–water partition coefficient (Wildman–Crippen LogP) is 1.07. The molecule has 1 atom stereocenters. The third kappa shape index (κ3) is 5.56. The van der Waals surface area contributed by atoms with E-state index >= 15 is 0 Å². The van der Waals surface area contributed by atoms with E-state index < -0.39 is 0 Å². The summed E-state index contributed by atoms with van der Waals surface area (Å²) in [4.78, 5) is 39.4. The smallest absolute Gasteiger partial charge is 0.227 e. The van der Waals surface area contributed by atoms with Crippen LogP contribution in [0.4, 0.5) is 11.4 Å². The van der Waals surface area contributed by atoms with Crippen LogP contribution in [0.5, 0.6) is 0 Å². The second kappa shape index (κ2) is 8.62. The molecular formula is C18H26N4O3. The van der Waals surface area contributed by atoms with E-state index in [0.717, 1.165) is 13.0 Å². The molecule has 0 aromatic heterocycles. The summed E-state index contributed by atoms with van der Waals surface area (Å²) in [7, 11) is 3.98. The Morgan fingerprint density at radius 2 is 2.08 bits per heavy atom. The molecule has 3 amide bonds. The Balaban J connectivity index is 1.93. The molecule has 0 spiro atoms. The molecule has 2 N–H and O–H groups in total. The van der Waals surface area contributed by atoms with E-state index in [9.17, 15) is 14.4 Å². The van der Waals surface area contributed by atoms with Crippen molar-refractivity contribution in [1.29, 1.82) is 0 Å². The van der Waals surface area contributed by atoms with Gasteiger partial charge in [-0.15, -0.1) is 0 Å². The van der Waals surface area contributed by atoms with Gasteiger partial charge in [-0.1, -0.05) is 6.07 Å². The summed E-state index contributed by atoms with van der Waals surface area (Å²) in [6, 6.07) is 7.10. The molecule has 1 aliphatic heterocycles. The van der Waals surface area contributed by atoms with Crippen LogP contribution in [0.15, 0.2) is 24.3 Å². The lowest BCUT2D eigenvalue weighted by Crippen LogP contribution is -2.34. The maximum absolute atomic E-state index is 12.3. The summed E-state index contributed by atoms with van der Waals surface area (Å²) < 4.78 is 0. The van der Waals surface area contributed by atoms with Gasteiger partial charge < -0.3 is 20.4 Å². The van der Waals surface area contributed by atoms with E-state index in [1.54, 1.807) is 29.2 Å². The van der Waals surface area contributed by atoms with Gasteiger partial charge in [0.1, 0.15) is 0 Å². The standard InChI is InChI=1S/C18H26N4O3/c1-13(23)20-15-6-4-7-16(11-15)22-12-14(10-17(22)24)18(25)19-8-5-9-21(2)3/h4,6-7,11,14H,5,8-10,12H2,1-3H3,(H,19,25)(H,20,23). The fourth-order valence-corrected chi connectivity index (χ4v) is 2.84. The molecule has 1 aromatic rings. The summed E-state index contributed by atoms with van der Waals surface area (Å²) in [5, 5.41) is 5.61. The molecule has 7 heteroatoms. The molecule has 1 heterocycles. The van der Waals surface area contributed by atoms with Crippen LogP contribution in [0.25, 0.3) is 0 Å². The van der Waals surface area contributed by atoms with Crippen molar-refractivity contribution < 1.29 is 14.4 Å². The third-order valence-electron chi connectivity index (χ3n) is 4.06. The molecule has 1 fully saturated rings. The number of carbonyl (C=O) groups excluding carboxylic acids is 3. The first kappa shape index (κ1) is 18.9. The molecule has 0 aliphatic carbocycles. The minimum Gasteiger partial charge on any atom is -0.356 e. The van der Waals surface area contributed by atoms with Crippen LogP contribution in [0.2, 0.25) is 0 Å². The lowest BCUT2D eigenvalue weighted by atomic mass is 10.1. The van der Waals surface area contributed by atoms with Gasteiger partial charge in [0.25, 0.3) is 0 Å². The minimum absolute atomic E-state index is 0.0755. The highest BCUT2D eigenvalue weighted by Gasteiger charge is 2.35. The van der Waals surface area contributed by atoms with Crippen LogP contribution in [-0.4, -0.2) is 56.4 Å². The van der Waals surface area contributed by atoms with Gasteiger partial charge in [-0.25, -0.2) is 0 Å². The van der Waals surface area contributed by atoms with Gasteiger partial charge in [0, 0.05) is 37.8 Å². The minimum atomic E-state index is -0.337. The average Bonchev–Trinajstić information content (AvgIpc) is 2.93. The van der Waals surface area contributed by atoms with Crippen LogP contribution < -0.4 is 15.5 Å². The van der Waals surface area contributed by atoms with Crippen molar-refractivity contribution >= 4 is 29.1 Å². The Morgan fingerprint density at radius 1 is 1.32 bits per heavy atom. The summed E-state index contributed by atoms with van der Waals surface area (Å²) in [5.74, 6) is -0.655. The Bertz CT molecular complexity index is 645. The van der Waals surface area contributed by atoms with Crippen LogP contribution in [0, 0.1) is 5.92 Å². The van der Waals surface area contributed by atoms with E-state index in [0.29, 0.717) is 24.5 Å². The topological polar surface area (TPSA) is 81.8 Å². The van der Waals surface area contributed by atoms with Gasteiger partial charge >= 0.3 is 0 Å². The number of nitrogens with zero attached hydrogens (tertiary/aromatic N) is 2. The van der Waals surface area contributed by atoms with Gasteiger partial charge in [0.15, 0.2) is 0 Å². The van der Waals surface area contributed by atoms with E-state index in [1.807, 2.05) is 14.1 Å². The molecule has 7 nitrogen and oxygen atoms in total. The lowest BCUT2D eigenvalue weighted by Gasteiger charge is -2.18. The van der Waals surface area contributed by atoms with Crippen LogP contribution >= 0.6 is 0 Å². The van der Waals surface area contributed by atoms with Crippen molar-refractivity contribution in [3.8, 4) is 0 Å². The Kier molecular flexibility index (Phi) is 6.52. The molecule has 0 saturated carbocycles. The SMILES string of the molecule is CC(=O)Nc1cccc(N2CC(C(=O)NCCCN(C)C)CC2=O)c1. The second-order valence-corrected chi connectivity index (χ2v) is 6.58. The summed E-state index contributed by atoms with van der Waals surface area (Å²) >= 11 is 0.